The van der Waals surface area contributed by atoms with Crippen molar-refractivity contribution in [3.63, 3.8) is 0 Å². The summed E-state index contributed by atoms with van der Waals surface area (Å²) < 4.78 is 2.17. The first kappa shape index (κ1) is 31.0. The molecule has 3 nitrogen and oxygen atoms in total. The Balaban J connectivity index is 1.06. The Morgan fingerprint density at radius 1 is 0.375 bits per heavy atom. The molecule has 7 rings (SSSR count). The van der Waals surface area contributed by atoms with Crippen molar-refractivity contribution >= 4 is 0 Å². The summed E-state index contributed by atoms with van der Waals surface area (Å²) in [7, 11) is 0. The van der Waals surface area contributed by atoms with Crippen LogP contribution in [-0.4, -0.2) is 9.97 Å². The number of aromatic nitrogens is 3. The number of hydrogen-bond acceptors (Lipinski definition) is 2. The van der Waals surface area contributed by atoms with E-state index in [0.717, 1.165) is 61.0 Å². The van der Waals surface area contributed by atoms with Gasteiger partial charge < -0.3 is 0 Å². The van der Waals surface area contributed by atoms with Crippen LogP contribution in [0.4, 0.5) is 0 Å². The lowest BCUT2D eigenvalue weighted by atomic mass is 9.92. The number of pyridine rings is 3. The maximum absolute atomic E-state index is 4.79. The highest BCUT2D eigenvalue weighted by Gasteiger charge is 2.10. The molecule has 0 saturated heterocycles. The molecule has 0 fully saturated rings. The van der Waals surface area contributed by atoms with E-state index < -0.39 is 0 Å². The topological polar surface area (TPSA) is 29.7 Å². The van der Waals surface area contributed by atoms with Crippen LogP contribution in [0.3, 0.4) is 0 Å². The number of rotatable bonds is 12. The second kappa shape index (κ2) is 15.3. The Morgan fingerprint density at radius 2 is 0.896 bits per heavy atom. The average Bonchev–Trinajstić information content (AvgIpc) is 3.17. The van der Waals surface area contributed by atoms with Crippen molar-refractivity contribution in [1.82, 2.24) is 9.97 Å². The minimum atomic E-state index is 0.961. The van der Waals surface area contributed by atoms with Crippen LogP contribution in [-0.2, 0) is 38.5 Å². The summed E-state index contributed by atoms with van der Waals surface area (Å²) in [5.74, 6) is 0. The van der Waals surface area contributed by atoms with E-state index in [1.165, 1.54) is 39.1 Å². The molecule has 0 atom stereocenters. The zero-order valence-corrected chi connectivity index (χ0v) is 27.3. The summed E-state index contributed by atoms with van der Waals surface area (Å²) in [5.41, 5.74) is 13.7. The Morgan fingerprint density at radius 3 is 1.48 bits per heavy atom. The molecule has 0 saturated carbocycles. The van der Waals surface area contributed by atoms with Gasteiger partial charge in [0, 0.05) is 47.8 Å². The van der Waals surface area contributed by atoms with Crippen molar-refractivity contribution < 1.29 is 4.57 Å². The van der Waals surface area contributed by atoms with Crippen LogP contribution in [0.15, 0.2) is 170 Å². The highest BCUT2D eigenvalue weighted by molar-refractivity contribution is 5.59. The molecule has 0 aliphatic heterocycles. The number of benzene rings is 4. The lowest BCUT2D eigenvalue weighted by Crippen LogP contribution is -2.28. The zero-order valence-electron chi connectivity index (χ0n) is 27.3. The van der Waals surface area contributed by atoms with Gasteiger partial charge in [-0.1, -0.05) is 109 Å². The van der Waals surface area contributed by atoms with Crippen molar-refractivity contribution in [2.45, 2.75) is 38.5 Å². The van der Waals surface area contributed by atoms with Crippen LogP contribution < -0.4 is 4.57 Å². The third-order valence-electron chi connectivity index (χ3n) is 9.05. The molecule has 0 aliphatic rings. The molecular weight excluding hydrogens is 583 g/mol. The van der Waals surface area contributed by atoms with Gasteiger partial charge >= 0.3 is 0 Å². The molecule has 0 amide bonds. The fraction of sp³-hybridized carbons (Fsp3) is 0.133. The maximum Gasteiger partial charge on any atom is 0.210 e. The van der Waals surface area contributed by atoms with Crippen molar-refractivity contribution in [3.8, 4) is 28.2 Å². The van der Waals surface area contributed by atoms with Crippen LogP contribution >= 0.6 is 0 Å². The fourth-order valence-electron chi connectivity index (χ4n) is 6.31. The van der Waals surface area contributed by atoms with Gasteiger partial charge in [0.05, 0.1) is 11.4 Å². The van der Waals surface area contributed by atoms with Gasteiger partial charge in [-0.05, 0) is 84.0 Å². The van der Waals surface area contributed by atoms with Crippen molar-refractivity contribution in [3.05, 3.63) is 204 Å². The first-order valence-corrected chi connectivity index (χ1v) is 16.9. The van der Waals surface area contributed by atoms with E-state index in [-0.39, 0.29) is 0 Å². The lowest BCUT2D eigenvalue weighted by Gasteiger charge is -2.13. The first-order chi connectivity index (χ1) is 23.8. The second-order valence-corrected chi connectivity index (χ2v) is 12.4. The zero-order chi connectivity index (χ0) is 32.4. The molecule has 0 spiro atoms. The number of hydrogen-bond donors (Lipinski definition) is 0. The van der Waals surface area contributed by atoms with Crippen LogP contribution in [0.5, 0.6) is 0 Å². The molecule has 3 heteroatoms. The summed E-state index contributed by atoms with van der Waals surface area (Å²) in [4.78, 5) is 9.56. The molecule has 48 heavy (non-hydrogen) atoms. The molecule has 0 radical (unpaired) electrons. The standard InChI is InChI=1S/C45H40N3/c1-4-12-40(13-5-1)44-27-22-37(33-46-44)20-25-39-24-19-36(18-17-35-11-10-16-43(32-35)48-29-8-3-9-30-48)31-42(39)26-21-38-23-28-45(47-34-38)41-14-6-2-7-15-41/h1-16,19,22-24,27-34H,17-18,20-21,25-26H2/q+1. The van der Waals surface area contributed by atoms with Gasteiger partial charge in [0.25, 0.3) is 0 Å². The Bertz CT molecular complexity index is 2040. The van der Waals surface area contributed by atoms with E-state index in [2.05, 4.69) is 150 Å². The van der Waals surface area contributed by atoms with Crippen LogP contribution in [0, 0.1) is 0 Å². The number of aryl methyl sites for hydroxylation is 6. The van der Waals surface area contributed by atoms with Crippen LogP contribution in [0.25, 0.3) is 28.2 Å². The van der Waals surface area contributed by atoms with Gasteiger partial charge in [-0.2, -0.15) is 4.57 Å². The molecule has 0 N–H and O–H groups in total. The van der Waals surface area contributed by atoms with E-state index >= 15 is 0 Å². The second-order valence-electron chi connectivity index (χ2n) is 12.4. The van der Waals surface area contributed by atoms with Gasteiger partial charge in [0.1, 0.15) is 0 Å². The van der Waals surface area contributed by atoms with Gasteiger partial charge in [0.15, 0.2) is 12.4 Å². The summed E-state index contributed by atoms with van der Waals surface area (Å²) >= 11 is 0. The normalized spacial score (nSPS) is 11.0. The predicted octanol–water partition coefficient (Wildman–Crippen LogP) is 9.44. The van der Waals surface area contributed by atoms with Crippen molar-refractivity contribution in [2.24, 2.45) is 0 Å². The third kappa shape index (κ3) is 8.00. The quantitative estimate of drug-likeness (QED) is 0.127. The van der Waals surface area contributed by atoms with Crippen LogP contribution in [0.2, 0.25) is 0 Å². The number of nitrogens with zero attached hydrogens (tertiary/aromatic N) is 3. The van der Waals surface area contributed by atoms with E-state index in [9.17, 15) is 0 Å². The molecule has 4 aromatic carbocycles. The predicted molar refractivity (Wildman–Crippen MR) is 196 cm³/mol. The van der Waals surface area contributed by atoms with Gasteiger partial charge in [-0.25, -0.2) is 0 Å². The first-order valence-electron chi connectivity index (χ1n) is 16.9. The fourth-order valence-corrected chi connectivity index (χ4v) is 6.31. The van der Waals surface area contributed by atoms with Crippen molar-refractivity contribution in [2.75, 3.05) is 0 Å². The smallest absolute Gasteiger partial charge is 0.210 e. The van der Waals surface area contributed by atoms with Crippen molar-refractivity contribution in [1.29, 1.82) is 0 Å². The molecule has 0 bridgehead atoms. The molecular formula is C45H40N3+. The van der Waals surface area contributed by atoms with E-state index in [1.807, 2.05) is 24.5 Å². The average molecular weight is 623 g/mol. The minimum Gasteiger partial charge on any atom is -0.256 e. The Hall–Kier alpha value is -5.67. The molecule has 0 aliphatic carbocycles. The Labute approximate surface area is 284 Å². The van der Waals surface area contributed by atoms with E-state index in [1.54, 1.807) is 0 Å². The van der Waals surface area contributed by atoms with E-state index in [4.69, 9.17) is 9.97 Å². The molecule has 234 valence electrons. The molecule has 3 aromatic heterocycles. The minimum absolute atomic E-state index is 0.961. The highest BCUT2D eigenvalue weighted by atomic mass is 14.9. The maximum atomic E-state index is 4.79. The summed E-state index contributed by atoms with van der Waals surface area (Å²) in [6.45, 7) is 0. The highest BCUT2D eigenvalue weighted by Crippen LogP contribution is 2.22. The van der Waals surface area contributed by atoms with Gasteiger partial charge in [-0.15, -0.1) is 0 Å². The molecule has 3 heterocycles. The monoisotopic (exact) mass is 622 g/mol. The lowest BCUT2D eigenvalue weighted by molar-refractivity contribution is -0.595. The van der Waals surface area contributed by atoms with E-state index in [0.29, 0.717) is 0 Å². The molecule has 7 aromatic rings. The van der Waals surface area contributed by atoms with Gasteiger partial charge in [-0.3, -0.25) is 9.97 Å². The summed E-state index contributed by atoms with van der Waals surface area (Å²) in [6, 6.07) is 51.7. The third-order valence-corrected chi connectivity index (χ3v) is 9.05. The Kier molecular flexibility index (Phi) is 9.85. The van der Waals surface area contributed by atoms with Gasteiger partial charge in [0.2, 0.25) is 5.69 Å². The van der Waals surface area contributed by atoms with Crippen LogP contribution in [0.1, 0.15) is 33.4 Å². The molecule has 0 unspecified atom stereocenters. The summed E-state index contributed by atoms with van der Waals surface area (Å²) in [5, 5.41) is 0. The summed E-state index contributed by atoms with van der Waals surface area (Å²) in [6.07, 6.45) is 14.2. The largest absolute Gasteiger partial charge is 0.256 e. The SMILES string of the molecule is c1ccc(-c2ccc(CCc3ccc(CCc4cccc(-[n+]5ccccc5)c4)cc3CCc3ccc(-c4ccccc4)nc3)cn2)cc1.